The fourth-order valence-corrected chi connectivity index (χ4v) is 2.57. The maximum Gasteiger partial charge on any atom is 0.336 e. The van der Waals surface area contributed by atoms with E-state index in [1.165, 1.54) is 0 Å². The minimum absolute atomic E-state index is 0.256. The summed E-state index contributed by atoms with van der Waals surface area (Å²) in [5.74, 6) is -0.941. The van der Waals surface area contributed by atoms with Crippen LogP contribution in [0.25, 0.3) is 0 Å². The number of aromatic nitrogens is 2. The van der Waals surface area contributed by atoms with E-state index in [0.717, 1.165) is 23.4 Å². The van der Waals surface area contributed by atoms with Gasteiger partial charge in [0.05, 0.1) is 11.3 Å². The number of halogens is 1. The molecule has 0 spiro atoms. The first-order valence-corrected chi connectivity index (χ1v) is 7.08. The molecule has 0 bridgehead atoms. The number of aryl methyl sites for hydroxylation is 2. The largest absolute Gasteiger partial charge is 0.478 e. The Labute approximate surface area is 125 Å². The van der Waals surface area contributed by atoms with Crippen LogP contribution in [0, 0.1) is 0 Å². The van der Waals surface area contributed by atoms with Gasteiger partial charge >= 0.3 is 5.97 Å². The zero-order valence-corrected chi connectivity index (χ0v) is 12.9. The van der Waals surface area contributed by atoms with Crippen molar-refractivity contribution in [2.24, 2.45) is 7.05 Å². The molecule has 0 amide bonds. The van der Waals surface area contributed by atoms with Crippen LogP contribution >= 0.6 is 15.9 Å². The van der Waals surface area contributed by atoms with E-state index in [1.807, 2.05) is 13.2 Å². The zero-order chi connectivity index (χ0) is 14.7. The molecule has 5 nitrogen and oxygen atoms in total. The first kappa shape index (κ1) is 14.6. The first-order chi connectivity index (χ1) is 9.51. The van der Waals surface area contributed by atoms with Gasteiger partial charge in [0.2, 0.25) is 0 Å². The van der Waals surface area contributed by atoms with Crippen LogP contribution in [0.1, 0.15) is 28.5 Å². The molecule has 0 atom stereocenters. The molecule has 2 rings (SSSR count). The van der Waals surface area contributed by atoms with Crippen molar-refractivity contribution in [3.05, 3.63) is 45.7 Å². The minimum Gasteiger partial charge on any atom is -0.478 e. The van der Waals surface area contributed by atoms with Crippen molar-refractivity contribution in [2.75, 3.05) is 5.32 Å². The van der Waals surface area contributed by atoms with Gasteiger partial charge in [0.1, 0.15) is 0 Å². The number of nitrogens with one attached hydrogen (secondary N) is 1. The van der Waals surface area contributed by atoms with E-state index in [2.05, 4.69) is 33.3 Å². The molecule has 1 aromatic heterocycles. The lowest BCUT2D eigenvalue weighted by atomic mass is 10.2. The number of nitrogens with zero attached hydrogens (tertiary/aromatic N) is 2. The molecule has 0 aliphatic heterocycles. The number of carbonyl (C=O) groups is 1. The summed E-state index contributed by atoms with van der Waals surface area (Å²) in [7, 11) is 1.90. The highest BCUT2D eigenvalue weighted by Crippen LogP contribution is 2.22. The summed E-state index contributed by atoms with van der Waals surface area (Å²) in [5.41, 5.74) is 3.34. The summed E-state index contributed by atoms with van der Waals surface area (Å²) in [6.07, 6.45) is 2.88. The number of rotatable bonds is 5. The molecule has 0 unspecified atom stereocenters. The van der Waals surface area contributed by atoms with E-state index in [-0.39, 0.29) is 5.56 Å². The van der Waals surface area contributed by atoms with Gasteiger partial charge in [-0.25, -0.2) is 4.79 Å². The molecular weight excluding hydrogens is 322 g/mol. The Hall–Kier alpha value is -1.82. The lowest BCUT2D eigenvalue weighted by molar-refractivity contribution is 0.0696. The number of anilines is 1. The standard InChI is InChI=1S/C14H16BrN3O2/c1-3-13-9(8-18(2)17-13)7-16-10-4-5-11(14(19)20)12(15)6-10/h4-6,8,16H,3,7H2,1-2H3,(H,19,20). The molecule has 2 N–H and O–H groups in total. The Kier molecular flexibility index (Phi) is 4.44. The number of carboxylic acid groups (broad SMARTS) is 1. The second-order valence-electron chi connectivity index (χ2n) is 4.48. The monoisotopic (exact) mass is 337 g/mol. The fraction of sp³-hybridized carbons (Fsp3) is 0.286. The van der Waals surface area contributed by atoms with Crippen molar-refractivity contribution in [3.63, 3.8) is 0 Å². The lowest BCUT2D eigenvalue weighted by Gasteiger charge is -2.08. The van der Waals surface area contributed by atoms with Crippen molar-refractivity contribution >= 4 is 27.6 Å². The van der Waals surface area contributed by atoms with E-state index in [1.54, 1.807) is 22.9 Å². The molecular formula is C14H16BrN3O2. The summed E-state index contributed by atoms with van der Waals surface area (Å²) in [4.78, 5) is 10.9. The van der Waals surface area contributed by atoms with Crippen LogP contribution in [0.4, 0.5) is 5.69 Å². The van der Waals surface area contributed by atoms with Gasteiger partial charge in [-0.05, 0) is 40.5 Å². The summed E-state index contributed by atoms with van der Waals surface area (Å²) in [6, 6.07) is 5.11. The topological polar surface area (TPSA) is 67.2 Å². The Bertz CT molecular complexity index is 637. The van der Waals surface area contributed by atoms with Crippen molar-refractivity contribution in [1.29, 1.82) is 0 Å². The second kappa shape index (κ2) is 6.09. The Morgan fingerprint density at radius 1 is 1.50 bits per heavy atom. The molecule has 20 heavy (non-hydrogen) atoms. The SMILES string of the molecule is CCc1nn(C)cc1CNc1ccc(C(=O)O)c(Br)c1. The van der Waals surface area contributed by atoms with Crippen LogP contribution in [0.2, 0.25) is 0 Å². The molecule has 6 heteroatoms. The Morgan fingerprint density at radius 2 is 2.25 bits per heavy atom. The Balaban J connectivity index is 2.11. The zero-order valence-electron chi connectivity index (χ0n) is 11.4. The van der Waals surface area contributed by atoms with Crippen LogP contribution in [-0.2, 0) is 20.0 Å². The fourth-order valence-electron chi connectivity index (χ4n) is 2.02. The second-order valence-corrected chi connectivity index (χ2v) is 5.34. The van der Waals surface area contributed by atoms with Gasteiger partial charge in [-0.15, -0.1) is 0 Å². The van der Waals surface area contributed by atoms with E-state index >= 15 is 0 Å². The number of aromatic carboxylic acids is 1. The van der Waals surface area contributed by atoms with Crippen molar-refractivity contribution in [2.45, 2.75) is 19.9 Å². The van der Waals surface area contributed by atoms with Gasteiger partial charge in [0.15, 0.2) is 0 Å². The van der Waals surface area contributed by atoms with E-state index < -0.39 is 5.97 Å². The first-order valence-electron chi connectivity index (χ1n) is 6.29. The van der Waals surface area contributed by atoms with Crippen LogP contribution in [-0.4, -0.2) is 20.9 Å². The average molecular weight is 338 g/mol. The predicted molar refractivity (Wildman–Crippen MR) is 81.0 cm³/mol. The number of carboxylic acids is 1. The maximum atomic E-state index is 10.9. The van der Waals surface area contributed by atoms with Gasteiger partial charge in [-0.3, -0.25) is 4.68 Å². The van der Waals surface area contributed by atoms with Crippen LogP contribution in [0.15, 0.2) is 28.9 Å². The molecule has 1 aromatic carbocycles. The van der Waals surface area contributed by atoms with E-state index in [0.29, 0.717) is 11.0 Å². The predicted octanol–water partition coefficient (Wildman–Crippen LogP) is 3.06. The van der Waals surface area contributed by atoms with Crippen molar-refractivity contribution in [3.8, 4) is 0 Å². The van der Waals surface area contributed by atoms with Gasteiger partial charge in [0.25, 0.3) is 0 Å². The molecule has 0 fully saturated rings. The number of hydrogen-bond acceptors (Lipinski definition) is 3. The summed E-state index contributed by atoms with van der Waals surface area (Å²) in [5, 5.41) is 16.6. The Morgan fingerprint density at radius 3 is 2.85 bits per heavy atom. The number of benzene rings is 1. The number of hydrogen-bond donors (Lipinski definition) is 2. The third-order valence-electron chi connectivity index (χ3n) is 3.01. The third kappa shape index (κ3) is 3.19. The molecule has 0 radical (unpaired) electrons. The van der Waals surface area contributed by atoms with Crippen molar-refractivity contribution in [1.82, 2.24) is 9.78 Å². The highest BCUT2D eigenvalue weighted by Gasteiger charge is 2.09. The normalized spacial score (nSPS) is 10.6. The van der Waals surface area contributed by atoms with E-state index in [4.69, 9.17) is 5.11 Å². The van der Waals surface area contributed by atoms with Crippen molar-refractivity contribution < 1.29 is 9.90 Å². The highest BCUT2D eigenvalue weighted by molar-refractivity contribution is 9.10. The quantitative estimate of drug-likeness (QED) is 0.879. The summed E-state index contributed by atoms with van der Waals surface area (Å²) < 4.78 is 2.37. The molecule has 1 heterocycles. The highest BCUT2D eigenvalue weighted by atomic mass is 79.9. The maximum absolute atomic E-state index is 10.9. The summed E-state index contributed by atoms with van der Waals surface area (Å²) >= 11 is 3.27. The van der Waals surface area contributed by atoms with Crippen LogP contribution in [0.5, 0.6) is 0 Å². The lowest BCUT2D eigenvalue weighted by Crippen LogP contribution is -2.03. The minimum atomic E-state index is -0.941. The molecule has 106 valence electrons. The van der Waals surface area contributed by atoms with Gasteiger partial charge in [-0.2, -0.15) is 5.10 Å². The van der Waals surface area contributed by atoms with E-state index in [9.17, 15) is 4.79 Å². The van der Waals surface area contributed by atoms with Gasteiger partial charge in [0, 0.05) is 35.5 Å². The molecule has 0 aliphatic rings. The van der Waals surface area contributed by atoms with Crippen LogP contribution in [0.3, 0.4) is 0 Å². The average Bonchev–Trinajstić information content (AvgIpc) is 2.76. The van der Waals surface area contributed by atoms with Gasteiger partial charge in [-0.1, -0.05) is 6.92 Å². The third-order valence-corrected chi connectivity index (χ3v) is 3.67. The molecule has 0 saturated heterocycles. The van der Waals surface area contributed by atoms with Crippen LogP contribution < -0.4 is 5.32 Å². The smallest absolute Gasteiger partial charge is 0.336 e. The molecule has 0 saturated carbocycles. The molecule has 0 aliphatic carbocycles. The molecule has 2 aromatic rings. The van der Waals surface area contributed by atoms with Gasteiger partial charge < -0.3 is 10.4 Å². The summed E-state index contributed by atoms with van der Waals surface area (Å²) in [6.45, 7) is 2.74.